The van der Waals surface area contributed by atoms with E-state index in [4.69, 9.17) is 9.47 Å². The van der Waals surface area contributed by atoms with Gasteiger partial charge in [-0.05, 0) is 26.0 Å². The molecule has 0 aromatic heterocycles. The Morgan fingerprint density at radius 3 is 3.00 bits per heavy atom. The molecular weight excluding hydrogens is 328 g/mol. The number of hydrogen-bond acceptors (Lipinski definition) is 5. The lowest BCUT2D eigenvalue weighted by Gasteiger charge is -2.36. The first-order valence-electron chi connectivity index (χ1n) is 6.33. The molecule has 1 atom stereocenters. The third-order valence-electron chi connectivity index (χ3n) is 2.95. The summed E-state index contributed by atoms with van der Waals surface area (Å²) in [7, 11) is 0. The summed E-state index contributed by atoms with van der Waals surface area (Å²) in [5, 5.41) is 14.3. The summed E-state index contributed by atoms with van der Waals surface area (Å²) in [5.41, 5.74) is -0.305. The molecule has 110 valence electrons. The molecule has 1 unspecified atom stereocenters. The van der Waals surface area contributed by atoms with Crippen molar-refractivity contribution in [3.05, 3.63) is 32.8 Å². The van der Waals surface area contributed by atoms with Crippen LogP contribution in [0.25, 0.3) is 0 Å². The Labute approximate surface area is 125 Å². The molecule has 0 amide bonds. The van der Waals surface area contributed by atoms with E-state index in [-0.39, 0.29) is 29.7 Å². The Morgan fingerprint density at radius 1 is 1.60 bits per heavy atom. The Bertz CT molecular complexity index is 507. The summed E-state index contributed by atoms with van der Waals surface area (Å²) < 4.78 is 12.1. The van der Waals surface area contributed by atoms with Crippen LogP contribution < -0.4 is 10.1 Å². The number of nitro benzene ring substituents is 1. The molecule has 20 heavy (non-hydrogen) atoms. The van der Waals surface area contributed by atoms with Gasteiger partial charge in [0.15, 0.2) is 5.75 Å². The average Bonchev–Trinajstić information content (AvgIpc) is 2.36. The van der Waals surface area contributed by atoms with Crippen LogP contribution in [0.3, 0.4) is 0 Å². The molecule has 1 aromatic carbocycles. The zero-order chi connectivity index (χ0) is 14.8. The monoisotopic (exact) mass is 344 g/mol. The van der Waals surface area contributed by atoms with E-state index in [2.05, 4.69) is 21.2 Å². The van der Waals surface area contributed by atoms with Crippen LogP contribution in [0.4, 0.5) is 5.69 Å². The van der Waals surface area contributed by atoms with E-state index in [9.17, 15) is 10.1 Å². The number of halogens is 1. The number of benzene rings is 1. The normalized spacial score (nSPS) is 21.4. The highest BCUT2D eigenvalue weighted by molar-refractivity contribution is 9.10. The predicted octanol–water partition coefficient (Wildman–Crippen LogP) is 2.50. The molecule has 0 bridgehead atoms. The Hall–Kier alpha value is -1.18. The van der Waals surface area contributed by atoms with E-state index in [1.54, 1.807) is 12.1 Å². The number of rotatable bonds is 4. The molecule has 1 aliphatic heterocycles. The number of nitrogens with one attached hydrogen (secondary N) is 1. The lowest BCUT2D eigenvalue weighted by atomic mass is 10.1. The molecule has 0 aliphatic carbocycles. The number of morpholine rings is 1. The van der Waals surface area contributed by atoms with Crippen LogP contribution in [0.15, 0.2) is 22.7 Å². The molecule has 7 heteroatoms. The smallest absolute Gasteiger partial charge is 0.312 e. The molecule has 1 saturated heterocycles. The first-order chi connectivity index (χ1) is 9.37. The van der Waals surface area contributed by atoms with Gasteiger partial charge in [-0.15, -0.1) is 0 Å². The highest BCUT2D eigenvalue weighted by atomic mass is 79.9. The van der Waals surface area contributed by atoms with E-state index >= 15 is 0 Å². The highest BCUT2D eigenvalue weighted by Gasteiger charge is 2.29. The molecular formula is C13H17BrN2O4. The Kier molecular flexibility index (Phi) is 4.62. The third-order valence-corrected chi connectivity index (χ3v) is 3.44. The molecule has 0 radical (unpaired) electrons. The Morgan fingerprint density at radius 2 is 2.35 bits per heavy atom. The number of nitro groups is 1. The molecule has 1 fully saturated rings. The fourth-order valence-electron chi connectivity index (χ4n) is 2.10. The quantitative estimate of drug-likeness (QED) is 0.670. The fraction of sp³-hybridized carbons (Fsp3) is 0.538. The van der Waals surface area contributed by atoms with Crippen molar-refractivity contribution >= 4 is 21.6 Å². The van der Waals surface area contributed by atoms with Crippen molar-refractivity contribution in [2.24, 2.45) is 0 Å². The van der Waals surface area contributed by atoms with Crippen molar-refractivity contribution in [3.63, 3.8) is 0 Å². The van der Waals surface area contributed by atoms with Gasteiger partial charge in [-0.25, -0.2) is 0 Å². The summed E-state index contributed by atoms with van der Waals surface area (Å²) in [5.74, 6) is 0.255. The molecule has 0 saturated carbocycles. The highest BCUT2D eigenvalue weighted by Crippen LogP contribution is 2.30. The van der Waals surface area contributed by atoms with Crippen LogP contribution in [-0.2, 0) is 4.74 Å². The third kappa shape index (κ3) is 3.91. The van der Waals surface area contributed by atoms with Crippen LogP contribution >= 0.6 is 15.9 Å². The summed E-state index contributed by atoms with van der Waals surface area (Å²) in [6.07, 6.45) is -0.123. The molecule has 0 spiro atoms. The van der Waals surface area contributed by atoms with Crippen molar-refractivity contribution in [1.82, 2.24) is 5.32 Å². The first kappa shape index (κ1) is 15.2. The summed E-state index contributed by atoms with van der Waals surface area (Å²) in [6, 6.07) is 4.73. The van der Waals surface area contributed by atoms with Gasteiger partial charge in [-0.3, -0.25) is 10.1 Å². The van der Waals surface area contributed by atoms with E-state index in [0.29, 0.717) is 11.0 Å². The van der Waals surface area contributed by atoms with Crippen molar-refractivity contribution in [2.75, 3.05) is 19.7 Å². The topological polar surface area (TPSA) is 73.6 Å². The largest absolute Gasteiger partial charge is 0.484 e. The average molecular weight is 345 g/mol. The molecule has 1 heterocycles. The molecule has 2 rings (SSSR count). The van der Waals surface area contributed by atoms with Crippen LogP contribution in [0, 0.1) is 10.1 Å². The van der Waals surface area contributed by atoms with E-state index in [0.717, 1.165) is 6.54 Å². The van der Waals surface area contributed by atoms with Gasteiger partial charge in [0.25, 0.3) is 0 Å². The number of nitrogens with zero attached hydrogens (tertiary/aromatic N) is 1. The second-order valence-corrected chi connectivity index (χ2v) is 6.23. The molecule has 6 nitrogen and oxygen atoms in total. The SMILES string of the molecule is CC1(C)CNCC(COc2ccc(Br)cc2[N+](=O)[O-])O1. The van der Waals surface area contributed by atoms with Crippen molar-refractivity contribution in [2.45, 2.75) is 25.6 Å². The zero-order valence-electron chi connectivity index (χ0n) is 11.4. The second kappa shape index (κ2) is 6.07. The maximum Gasteiger partial charge on any atom is 0.312 e. The van der Waals surface area contributed by atoms with Crippen LogP contribution in [0.2, 0.25) is 0 Å². The minimum absolute atomic E-state index is 0.0533. The first-order valence-corrected chi connectivity index (χ1v) is 7.12. The lowest BCUT2D eigenvalue weighted by molar-refractivity contribution is -0.386. The van der Waals surface area contributed by atoms with E-state index < -0.39 is 4.92 Å². The summed E-state index contributed by atoms with van der Waals surface area (Å²) in [6.45, 7) is 5.72. The van der Waals surface area contributed by atoms with E-state index in [1.165, 1.54) is 6.07 Å². The second-order valence-electron chi connectivity index (χ2n) is 5.31. The van der Waals surface area contributed by atoms with Gasteiger partial charge in [-0.1, -0.05) is 15.9 Å². The zero-order valence-corrected chi connectivity index (χ0v) is 13.0. The van der Waals surface area contributed by atoms with Gasteiger partial charge >= 0.3 is 5.69 Å². The van der Waals surface area contributed by atoms with Crippen LogP contribution in [0.5, 0.6) is 5.75 Å². The lowest BCUT2D eigenvalue weighted by Crippen LogP contribution is -2.52. The standard InChI is InChI=1S/C13H17BrN2O4/c1-13(2)8-15-6-10(20-13)7-19-12-4-3-9(14)5-11(12)16(17)18/h3-5,10,15H,6-8H2,1-2H3. The van der Waals surface area contributed by atoms with Crippen molar-refractivity contribution in [1.29, 1.82) is 0 Å². The number of ether oxygens (including phenoxy) is 2. The van der Waals surface area contributed by atoms with Crippen molar-refractivity contribution in [3.8, 4) is 5.75 Å². The summed E-state index contributed by atoms with van der Waals surface area (Å²) >= 11 is 3.21. The Balaban J connectivity index is 2.02. The maximum absolute atomic E-state index is 11.0. The minimum atomic E-state index is -0.454. The summed E-state index contributed by atoms with van der Waals surface area (Å²) in [4.78, 5) is 10.5. The molecule has 1 aromatic rings. The van der Waals surface area contributed by atoms with Gasteiger partial charge in [0.2, 0.25) is 0 Å². The van der Waals surface area contributed by atoms with Crippen molar-refractivity contribution < 1.29 is 14.4 Å². The number of hydrogen-bond donors (Lipinski definition) is 1. The van der Waals surface area contributed by atoms with Gasteiger partial charge in [0.1, 0.15) is 12.7 Å². The maximum atomic E-state index is 11.0. The predicted molar refractivity (Wildman–Crippen MR) is 78.1 cm³/mol. The van der Waals surface area contributed by atoms with Gasteiger partial charge < -0.3 is 14.8 Å². The van der Waals surface area contributed by atoms with Crippen LogP contribution in [-0.4, -0.2) is 36.3 Å². The van der Waals surface area contributed by atoms with Gasteiger partial charge in [0, 0.05) is 23.6 Å². The minimum Gasteiger partial charge on any atom is -0.484 e. The van der Waals surface area contributed by atoms with Gasteiger partial charge in [-0.2, -0.15) is 0 Å². The van der Waals surface area contributed by atoms with E-state index in [1.807, 2.05) is 13.8 Å². The fourth-order valence-corrected chi connectivity index (χ4v) is 2.45. The molecule has 1 aliphatic rings. The van der Waals surface area contributed by atoms with Gasteiger partial charge in [0.05, 0.1) is 10.5 Å². The van der Waals surface area contributed by atoms with Crippen LogP contribution in [0.1, 0.15) is 13.8 Å². The molecule has 1 N–H and O–H groups in total.